The number of anilines is 1. The van der Waals surface area contributed by atoms with Crippen LogP contribution in [0.25, 0.3) is 20.3 Å². The molecule has 0 aromatic carbocycles. The van der Waals surface area contributed by atoms with Gasteiger partial charge in [0.1, 0.15) is 5.69 Å². The summed E-state index contributed by atoms with van der Waals surface area (Å²) in [5, 5.41) is 7.77. The van der Waals surface area contributed by atoms with Crippen LogP contribution in [0.2, 0.25) is 0 Å². The first kappa shape index (κ1) is 16.4. The van der Waals surface area contributed by atoms with E-state index in [-0.39, 0.29) is 5.91 Å². The van der Waals surface area contributed by atoms with Crippen LogP contribution in [-0.4, -0.2) is 10.9 Å². The smallest absolute Gasteiger partial charge is 0.226 e. The van der Waals surface area contributed by atoms with E-state index in [0.29, 0.717) is 11.6 Å². The van der Waals surface area contributed by atoms with Gasteiger partial charge in [-0.25, -0.2) is 4.98 Å². The number of carbonyl (C=O) groups is 1. The van der Waals surface area contributed by atoms with Crippen LogP contribution >= 0.6 is 34.0 Å². The van der Waals surface area contributed by atoms with Crippen molar-refractivity contribution in [3.63, 3.8) is 0 Å². The zero-order chi connectivity index (χ0) is 16.1. The van der Waals surface area contributed by atoms with Crippen LogP contribution in [0.1, 0.15) is 32.6 Å². The Balaban J connectivity index is 1.82. The largest absolute Gasteiger partial charge is 0.302 e. The maximum atomic E-state index is 12.0. The summed E-state index contributed by atoms with van der Waals surface area (Å²) in [6.45, 7) is 2.14. The highest BCUT2D eigenvalue weighted by Gasteiger charge is 2.17. The Morgan fingerprint density at radius 2 is 1.87 bits per heavy atom. The van der Waals surface area contributed by atoms with Crippen LogP contribution in [0, 0.1) is 0 Å². The Labute approximate surface area is 148 Å². The minimum absolute atomic E-state index is 0.0580. The number of thiazole rings is 1. The lowest BCUT2D eigenvalue weighted by Gasteiger charge is -2.00. The van der Waals surface area contributed by atoms with Crippen molar-refractivity contribution in [2.45, 2.75) is 32.6 Å². The number of amides is 1. The molecule has 0 radical (unpaired) electrons. The van der Waals surface area contributed by atoms with Crippen molar-refractivity contribution in [2.24, 2.45) is 0 Å². The molecule has 0 spiro atoms. The molecule has 0 aliphatic carbocycles. The molecule has 0 bridgehead atoms. The van der Waals surface area contributed by atoms with Gasteiger partial charge in [0.15, 0.2) is 5.13 Å². The number of hydrogen-bond donors (Lipinski definition) is 1. The summed E-state index contributed by atoms with van der Waals surface area (Å²) in [4.78, 5) is 20.2. The molecule has 0 fully saturated rings. The normalized spacial score (nSPS) is 10.8. The fourth-order valence-electron chi connectivity index (χ4n) is 2.25. The van der Waals surface area contributed by atoms with Gasteiger partial charge in [0, 0.05) is 11.3 Å². The number of aromatic nitrogens is 1. The predicted octanol–water partition coefficient (Wildman–Crippen LogP) is 6.12. The van der Waals surface area contributed by atoms with E-state index in [1.54, 1.807) is 34.0 Å². The first-order valence-electron chi connectivity index (χ1n) is 7.66. The van der Waals surface area contributed by atoms with E-state index < -0.39 is 0 Å². The fourth-order valence-corrected chi connectivity index (χ4v) is 4.88. The van der Waals surface area contributed by atoms with Crippen LogP contribution in [0.4, 0.5) is 5.13 Å². The van der Waals surface area contributed by atoms with E-state index >= 15 is 0 Å². The molecule has 0 aliphatic rings. The Bertz CT molecular complexity index is 693. The summed E-state index contributed by atoms with van der Waals surface area (Å²) in [6.07, 6.45) is 3.71. The van der Waals surface area contributed by atoms with Gasteiger partial charge in [-0.3, -0.25) is 4.79 Å². The number of nitrogens with zero attached hydrogens (tertiary/aromatic N) is 1. The predicted molar refractivity (Wildman–Crippen MR) is 102 cm³/mol. The summed E-state index contributed by atoms with van der Waals surface area (Å²) in [6, 6.07) is 8.24. The molecule has 0 saturated carbocycles. The first-order chi connectivity index (χ1) is 11.3. The minimum atomic E-state index is 0.0580. The van der Waals surface area contributed by atoms with E-state index in [1.165, 1.54) is 4.88 Å². The molecule has 6 heteroatoms. The summed E-state index contributed by atoms with van der Waals surface area (Å²) < 4.78 is 0. The maximum absolute atomic E-state index is 12.0. The molecule has 3 aromatic rings. The maximum Gasteiger partial charge on any atom is 0.226 e. The second kappa shape index (κ2) is 7.86. The zero-order valence-electron chi connectivity index (χ0n) is 12.9. The van der Waals surface area contributed by atoms with Crippen LogP contribution < -0.4 is 5.32 Å². The van der Waals surface area contributed by atoms with Crippen LogP contribution in [0.15, 0.2) is 35.0 Å². The third-order valence-corrected chi connectivity index (χ3v) is 6.28. The lowest BCUT2D eigenvalue weighted by molar-refractivity contribution is -0.116. The molecule has 120 valence electrons. The van der Waals surface area contributed by atoms with Crippen molar-refractivity contribution >= 4 is 45.0 Å². The van der Waals surface area contributed by atoms with Crippen molar-refractivity contribution in [1.29, 1.82) is 0 Å². The number of unbranched alkanes of at least 4 members (excludes halogenated alkanes) is 2. The number of rotatable bonds is 7. The van der Waals surface area contributed by atoms with Crippen LogP contribution in [0.5, 0.6) is 0 Å². The molecule has 0 atom stereocenters. The molecule has 0 unspecified atom stereocenters. The van der Waals surface area contributed by atoms with Gasteiger partial charge in [-0.1, -0.05) is 43.2 Å². The second-order valence-electron chi connectivity index (χ2n) is 5.16. The highest BCUT2D eigenvalue weighted by molar-refractivity contribution is 7.24. The zero-order valence-corrected chi connectivity index (χ0v) is 15.3. The van der Waals surface area contributed by atoms with Gasteiger partial charge in [-0.2, -0.15) is 0 Å². The standard InChI is InChI=1S/C17H18N2OS3/c1-2-3-4-9-14(20)18-17-19-15(12-7-5-10-21-12)16(23-17)13-8-6-11-22-13/h5-8,10-11H,2-4,9H2,1H3,(H,18,19,20). The van der Waals surface area contributed by atoms with Crippen LogP contribution in [-0.2, 0) is 4.79 Å². The van der Waals surface area contributed by atoms with Crippen molar-refractivity contribution in [2.75, 3.05) is 5.32 Å². The van der Waals surface area contributed by atoms with Gasteiger partial charge in [0.25, 0.3) is 0 Å². The topological polar surface area (TPSA) is 42.0 Å². The highest BCUT2D eigenvalue weighted by Crippen LogP contribution is 2.42. The van der Waals surface area contributed by atoms with Gasteiger partial charge < -0.3 is 5.32 Å². The minimum Gasteiger partial charge on any atom is -0.302 e. The molecule has 0 aliphatic heterocycles. The Morgan fingerprint density at radius 3 is 2.52 bits per heavy atom. The average molecular weight is 363 g/mol. The third kappa shape index (κ3) is 4.07. The quantitative estimate of drug-likeness (QED) is 0.515. The number of thiophene rings is 2. The molecular weight excluding hydrogens is 344 g/mol. The van der Waals surface area contributed by atoms with Crippen molar-refractivity contribution < 1.29 is 4.79 Å². The van der Waals surface area contributed by atoms with E-state index in [0.717, 1.165) is 34.7 Å². The Kier molecular flexibility index (Phi) is 5.59. The van der Waals surface area contributed by atoms with E-state index in [4.69, 9.17) is 0 Å². The third-order valence-electron chi connectivity index (χ3n) is 3.38. The van der Waals surface area contributed by atoms with Crippen molar-refractivity contribution in [1.82, 2.24) is 4.98 Å². The number of carbonyl (C=O) groups excluding carboxylic acids is 1. The molecular formula is C17H18N2OS3. The molecule has 3 nitrogen and oxygen atoms in total. The van der Waals surface area contributed by atoms with E-state index in [1.807, 2.05) is 12.1 Å². The summed E-state index contributed by atoms with van der Waals surface area (Å²) in [5.74, 6) is 0.0580. The van der Waals surface area contributed by atoms with E-state index in [2.05, 4.69) is 40.1 Å². The summed E-state index contributed by atoms with van der Waals surface area (Å²) in [7, 11) is 0. The van der Waals surface area contributed by atoms with Crippen molar-refractivity contribution in [3.05, 3.63) is 35.0 Å². The second-order valence-corrected chi connectivity index (χ2v) is 8.05. The van der Waals surface area contributed by atoms with Crippen LogP contribution in [0.3, 0.4) is 0 Å². The SMILES string of the molecule is CCCCCC(=O)Nc1nc(-c2cccs2)c(-c2cccs2)s1. The van der Waals surface area contributed by atoms with E-state index in [9.17, 15) is 4.79 Å². The van der Waals surface area contributed by atoms with Gasteiger partial charge in [0.05, 0.1) is 9.75 Å². The lowest BCUT2D eigenvalue weighted by Crippen LogP contribution is -2.10. The fraction of sp³-hybridized carbons (Fsp3) is 0.294. The molecule has 1 amide bonds. The van der Waals surface area contributed by atoms with Crippen molar-refractivity contribution in [3.8, 4) is 20.3 Å². The molecule has 23 heavy (non-hydrogen) atoms. The average Bonchev–Trinajstić information content (AvgIpc) is 3.28. The van der Waals surface area contributed by atoms with Gasteiger partial charge >= 0.3 is 0 Å². The monoisotopic (exact) mass is 362 g/mol. The molecule has 3 heterocycles. The molecule has 0 saturated heterocycles. The van der Waals surface area contributed by atoms with Gasteiger partial charge in [-0.05, 0) is 29.3 Å². The van der Waals surface area contributed by atoms with Gasteiger partial charge in [0.2, 0.25) is 5.91 Å². The highest BCUT2D eigenvalue weighted by atomic mass is 32.1. The first-order valence-corrected chi connectivity index (χ1v) is 10.2. The lowest BCUT2D eigenvalue weighted by atomic mass is 10.2. The van der Waals surface area contributed by atoms with Gasteiger partial charge in [-0.15, -0.1) is 22.7 Å². The molecule has 3 rings (SSSR count). The summed E-state index contributed by atoms with van der Waals surface area (Å²) in [5.41, 5.74) is 0.969. The molecule has 3 aromatic heterocycles. The molecule has 1 N–H and O–H groups in total. The summed E-state index contributed by atoms with van der Waals surface area (Å²) >= 11 is 4.93. The number of hydrogen-bond acceptors (Lipinski definition) is 5. The Hall–Kier alpha value is -1.50. The Morgan fingerprint density at radius 1 is 1.13 bits per heavy atom. The number of nitrogens with one attached hydrogen (secondary N) is 1.